The number of hydrogen-bond acceptors (Lipinski definition) is 6. The van der Waals surface area contributed by atoms with Gasteiger partial charge in [0, 0.05) is 33.2 Å². The molecule has 0 bridgehead atoms. The van der Waals surface area contributed by atoms with Gasteiger partial charge in [-0.25, -0.2) is 9.48 Å². The van der Waals surface area contributed by atoms with E-state index in [9.17, 15) is 14.9 Å². The number of carbonyl (C=O) groups is 1. The third-order valence-corrected chi connectivity index (χ3v) is 3.53. The highest BCUT2D eigenvalue weighted by Gasteiger charge is 2.29. The second-order valence-electron chi connectivity index (χ2n) is 6.54. The van der Waals surface area contributed by atoms with Crippen molar-refractivity contribution in [2.24, 2.45) is 7.05 Å². The van der Waals surface area contributed by atoms with E-state index in [-0.39, 0.29) is 11.8 Å². The summed E-state index contributed by atoms with van der Waals surface area (Å²) in [6.07, 6.45) is 1.62. The predicted octanol–water partition coefficient (Wildman–Crippen LogP) is 1.78. The first kappa shape index (κ1) is 17.0. The maximum absolute atomic E-state index is 12.2. The van der Waals surface area contributed by atoms with E-state index in [1.165, 1.54) is 10.9 Å². The van der Waals surface area contributed by atoms with E-state index in [1.54, 1.807) is 11.9 Å². The van der Waals surface area contributed by atoms with Crippen LogP contribution in [-0.4, -0.2) is 57.5 Å². The van der Waals surface area contributed by atoms with Gasteiger partial charge in [0.25, 0.3) is 0 Å². The van der Waals surface area contributed by atoms with Gasteiger partial charge in [-0.1, -0.05) is 0 Å². The zero-order chi connectivity index (χ0) is 17.2. The maximum atomic E-state index is 12.2. The molecule has 0 radical (unpaired) electrons. The molecule has 2 rings (SSSR count). The lowest BCUT2D eigenvalue weighted by Gasteiger charge is -2.26. The van der Waals surface area contributed by atoms with Gasteiger partial charge in [0.05, 0.1) is 4.92 Å². The van der Waals surface area contributed by atoms with Crippen molar-refractivity contribution in [2.75, 3.05) is 31.1 Å². The standard InChI is InChI=1S/C14H23N5O4/c1-14(2,3)23-13(20)18-7-5-6-17(8-9-18)12-11(19(21)22)10-15-16(12)4/h10H,5-9H2,1-4H3. The van der Waals surface area contributed by atoms with Crippen molar-refractivity contribution in [3.05, 3.63) is 16.3 Å². The van der Waals surface area contributed by atoms with Crippen molar-refractivity contribution in [3.63, 3.8) is 0 Å². The van der Waals surface area contributed by atoms with Crippen molar-refractivity contribution in [3.8, 4) is 0 Å². The Labute approximate surface area is 134 Å². The Hall–Kier alpha value is -2.32. The van der Waals surface area contributed by atoms with Crippen LogP contribution in [0.2, 0.25) is 0 Å². The molecule has 1 aromatic rings. The molecule has 23 heavy (non-hydrogen) atoms. The molecule has 1 saturated heterocycles. The maximum Gasteiger partial charge on any atom is 0.410 e. The highest BCUT2D eigenvalue weighted by molar-refractivity contribution is 5.68. The summed E-state index contributed by atoms with van der Waals surface area (Å²) in [5, 5.41) is 15.1. The van der Waals surface area contributed by atoms with Gasteiger partial charge >= 0.3 is 11.8 Å². The molecule has 0 saturated carbocycles. The van der Waals surface area contributed by atoms with Crippen LogP contribution >= 0.6 is 0 Å². The molecule has 1 fully saturated rings. The van der Waals surface area contributed by atoms with Crippen LogP contribution in [-0.2, 0) is 11.8 Å². The van der Waals surface area contributed by atoms with Crippen LogP contribution in [0.15, 0.2) is 6.20 Å². The van der Waals surface area contributed by atoms with Crippen molar-refractivity contribution in [1.82, 2.24) is 14.7 Å². The first-order valence-electron chi connectivity index (χ1n) is 7.58. The quantitative estimate of drug-likeness (QED) is 0.607. The Balaban J connectivity index is 2.09. The minimum atomic E-state index is -0.538. The highest BCUT2D eigenvalue weighted by Crippen LogP contribution is 2.28. The van der Waals surface area contributed by atoms with Gasteiger partial charge in [0.2, 0.25) is 5.82 Å². The number of amides is 1. The molecule has 0 atom stereocenters. The lowest BCUT2D eigenvalue weighted by molar-refractivity contribution is -0.384. The molecule has 0 spiro atoms. The predicted molar refractivity (Wildman–Crippen MR) is 84.5 cm³/mol. The zero-order valence-corrected chi connectivity index (χ0v) is 14.0. The molecular weight excluding hydrogens is 302 g/mol. The van der Waals surface area contributed by atoms with Crippen molar-refractivity contribution < 1.29 is 14.5 Å². The molecule has 1 aliphatic heterocycles. The van der Waals surface area contributed by atoms with Gasteiger partial charge in [-0.2, -0.15) is 5.10 Å². The van der Waals surface area contributed by atoms with Gasteiger partial charge in [0.1, 0.15) is 11.8 Å². The van der Waals surface area contributed by atoms with Gasteiger partial charge in [0.15, 0.2) is 0 Å². The van der Waals surface area contributed by atoms with Crippen molar-refractivity contribution in [1.29, 1.82) is 0 Å². The van der Waals surface area contributed by atoms with Gasteiger partial charge < -0.3 is 14.5 Å². The Morgan fingerprint density at radius 3 is 2.61 bits per heavy atom. The summed E-state index contributed by atoms with van der Waals surface area (Å²) in [6.45, 7) is 7.63. The average Bonchev–Trinajstić information content (AvgIpc) is 2.66. The molecule has 1 aromatic heterocycles. The van der Waals surface area contributed by atoms with Crippen molar-refractivity contribution in [2.45, 2.75) is 32.8 Å². The minimum Gasteiger partial charge on any atom is -0.444 e. The molecule has 1 amide bonds. The normalized spacial score (nSPS) is 16.2. The number of ether oxygens (including phenoxy) is 1. The minimum absolute atomic E-state index is 0.0155. The van der Waals surface area contributed by atoms with E-state index >= 15 is 0 Å². The second-order valence-corrected chi connectivity index (χ2v) is 6.54. The van der Waals surface area contributed by atoms with Gasteiger partial charge in [-0.3, -0.25) is 10.1 Å². The average molecular weight is 325 g/mol. The van der Waals surface area contributed by atoms with E-state index < -0.39 is 10.5 Å². The highest BCUT2D eigenvalue weighted by atomic mass is 16.6. The van der Waals surface area contributed by atoms with E-state index in [0.717, 1.165) is 0 Å². The summed E-state index contributed by atoms with van der Waals surface area (Å²) in [5.74, 6) is 0.473. The number of rotatable bonds is 2. The van der Waals surface area contributed by atoms with Crippen LogP contribution in [0.5, 0.6) is 0 Å². The van der Waals surface area contributed by atoms with Gasteiger partial charge in [-0.15, -0.1) is 0 Å². The molecule has 0 N–H and O–H groups in total. The number of aromatic nitrogens is 2. The number of nitrogens with zero attached hydrogens (tertiary/aromatic N) is 5. The summed E-state index contributed by atoms with van der Waals surface area (Å²) in [4.78, 5) is 26.4. The fraction of sp³-hybridized carbons (Fsp3) is 0.714. The van der Waals surface area contributed by atoms with Crippen LogP contribution in [0.1, 0.15) is 27.2 Å². The first-order chi connectivity index (χ1) is 10.7. The number of aryl methyl sites for hydroxylation is 1. The second kappa shape index (κ2) is 6.43. The number of hydrogen-bond donors (Lipinski definition) is 0. The smallest absolute Gasteiger partial charge is 0.410 e. The third kappa shape index (κ3) is 4.11. The molecule has 0 aliphatic carbocycles. The summed E-state index contributed by atoms with van der Waals surface area (Å²) >= 11 is 0. The molecule has 0 aromatic carbocycles. The lowest BCUT2D eigenvalue weighted by atomic mass is 10.2. The van der Waals surface area contributed by atoms with E-state index in [0.29, 0.717) is 38.4 Å². The van der Waals surface area contributed by atoms with Crippen LogP contribution in [0, 0.1) is 10.1 Å². The Bertz CT molecular complexity index is 592. The molecule has 2 heterocycles. The van der Waals surface area contributed by atoms with E-state index in [1.807, 2.05) is 25.7 Å². The molecule has 0 unspecified atom stereocenters. The van der Waals surface area contributed by atoms with Crippen molar-refractivity contribution >= 4 is 17.6 Å². The largest absolute Gasteiger partial charge is 0.444 e. The zero-order valence-electron chi connectivity index (χ0n) is 14.0. The first-order valence-corrected chi connectivity index (χ1v) is 7.58. The fourth-order valence-electron chi connectivity index (χ4n) is 2.55. The topological polar surface area (TPSA) is 93.7 Å². The molecule has 128 valence electrons. The van der Waals surface area contributed by atoms with Gasteiger partial charge in [-0.05, 0) is 27.2 Å². The van der Waals surface area contributed by atoms with E-state index in [2.05, 4.69) is 5.10 Å². The fourth-order valence-corrected chi connectivity index (χ4v) is 2.55. The SMILES string of the molecule is Cn1ncc([N+](=O)[O-])c1N1CCCN(C(=O)OC(C)(C)C)CC1. The monoisotopic (exact) mass is 325 g/mol. The molecule has 9 nitrogen and oxygen atoms in total. The summed E-state index contributed by atoms with van der Waals surface area (Å²) < 4.78 is 6.89. The van der Waals surface area contributed by atoms with E-state index in [4.69, 9.17) is 4.74 Å². The third-order valence-electron chi connectivity index (χ3n) is 3.53. The number of nitro groups is 1. The Kier molecular flexibility index (Phi) is 4.76. The molecule has 9 heteroatoms. The number of carbonyl (C=O) groups excluding carboxylic acids is 1. The summed E-state index contributed by atoms with van der Waals surface area (Å²) in [6, 6.07) is 0. The lowest BCUT2D eigenvalue weighted by Crippen LogP contribution is -2.39. The van der Waals surface area contributed by atoms with Crippen LogP contribution in [0.25, 0.3) is 0 Å². The molecular formula is C14H23N5O4. The van der Waals surface area contributed by atoms with Crippen LogP contribution in [0.3, 0.4) is 0 Å². The Morgan fingerprint density at radius 1 is 1.30 bits per heavy atom. The van der Waals surface area contributed by atoms with Crippen LogP contribution in [0.4, 0.5) is 16.3 Å². The molecule has 1 aliphatic rings. The summed E-state index contributed by atoms with van der Waals surface area (Å²) in [5.41, 5.74) is -0.553. The Morgan fingerprint density at radius 2 is 2.00 bits per heavy atom. The number of anilines is 1. The summed E-state index contributed by atoms with van der Waals surface area (Å²) in [7, 11) is 1.68. The van der Waals surface area contributed by atoms with Crippen LogP contribution < -0.4 is 4.90 Å².